The van der Waals surface area contributed by atoms with E-state index in [0.717, 1.165) is 33.6 Å². The molecule has 1 aromatic carbocycles. The van der Waals surface area contributed by atoms with Crippen LogP contribution in [0, 0.1) is 6.92 Å². The van der Waals surface area contributed by atoms with Crippen LogP contribution in [-0.4, -0.2) is 10.7 Å². The minimum atomic E-state index is 0.918. The lowest BCUT2D eigenvalue weighted by Gasteiger charge is -2.07. The molecule has 86 valence electrons. The van der Waals surface area contributed by atoms with Gasteiger partial charge >= 0.3 is 0 Å². The zero-order valence-corrected chi connectivity index (χ0v) is 10.5. The average molecular weight is 224 g/mol. The summed E-state index contributed by atoms with van der Waals surface area (Å²) in [4.78, 5) is 9.16. The van der Waals surface area contributed by atoms with E-state index in [1.807, 2.05) is 39.0 Å². The molecule has 0 aliphatic carbocycles. The summed E-state index contributed by atoms with van der Waals surface area (Å²) in [5.74, 6) is 0. The van der Waals surface area contributed by atoms with Crippen LogP contribution in [0.3, 0.4) is 0 Å². The number of rotatable bonds is 2. The van der Waals surface area contributed by atoms with E-state index in [2.05, 4.69) is 28.7 Å². The second-order valence-electron chi connectivity index (χ2n) is 4.29. The van der Waals surface area contributed by atoms with Crippen LogP contribution in [0.1, 0.15) is 25.1 Å². The Bertz CT molecular complexity index is 606. The van der Waals surface area contributed by atoms with E-state index in [1.54, 1.807) is 0 Å². The van der Waals surface area contributed by atoms with Gasteiger partial charge in [-0.25, -0.2) is 0 Å². The Hall–Kier alpha value is -1.96. The molecule has 0 fully saturated rings. The smallest absolute Gasteiger partial charge is 0.0967 e. The highest BCUT2D eigenvalue weighted by Crippen LogP contribution is 2.30. The zero-order chi connectivity index (χ0) is 12.4. The number of hydrogen-bond acceptors (Lipinski definition) is 2. The van der Waals surface area contributed by atoms with E-state index in [9.17, 15) is 0 Å². The van der Waals surface area contributed by atoms with Crippen LogP contribution in [0.15, 0.2) is 35.8 Å². The summed E-state index contributed by atoms with van der Waals surface area (Å²) in [6.07, 6.45) is 1.82. The van der Waals surface area contributed by atoms with Gasteiger partial charge in [0.2, 0.25) is 0 Å². The molecule has 2 nitrogen and oxygen atoms in total. The molecule has 2 rings (SSSR count). The molecule has 0 aliphatic rings. The first-order chi connectivity index (χ1) is 8.11. The summed E-state index contributed by atoms with van der Waals surface area (Å²) >= 11 is 0. The Kier molecular flexibility index (Phi) is 3.05. The molecule has 17 heavy (non-hydrogen) atoms. The molecule has 0 radical (unpaired) electrons. The number of aryl methyl sites for hydroxylation is 1. The van der Waals surface area contributed by atoms with E-state index in [1.165, 1.54) is 0 Å². The lowest BCUT2D eigenvalue weighted by molar-refractivity contribution is 1.25. The summed E-state index contributed by atoms with van der Waals surface area (Å²) in [5.41, 5.74) is 4.91. The summed E-state index contributed by atoms with van der Waals surface area (Å²) in [7, 11) is 0. The van der Waals surface area contributed by atoms with Crippen LogP contribution in [0.5, 0.6) is 0 Å². The number of fused-ring (bicyclic) bond motifs is 1. The van der Waals surface area contributed by atoms with E-state index in [0.29, 0.717) is 0 Å². The molecule has 1 aromatic heterocycles. The minimum absolute atomic E-state index is 0.918. The molecular formula is C15H16N2. The third-order valence-electron chi connectivity index (χ3n) is 2.56. The van der Waals surface area contributed by atoms with Crippen molar-refractivity contribution in [2.45, 2.75) is 20.8 Å². The van der Waals surface area contributed by atoms with Crippen molar-refractivity contribution in [1.29, 1.82) is 0 Å². The van der Waals surface area contributed by atoms with E-state index < -0.39 is 0 Å². The molecule has 2 aromatic rings. The largest absolute Gasteiger partial charge is 0.256 e. The van der Waals surface area contributed by atoms with E-state index in [-0.39, 0.29) is 0 Å². The van der Waals surface area contributed by atoms with Gasteiger partial charge in [0.15, 0.2) is 0 Å². The third kappa shape index (κ3) is 2.26. The number of benzene rings is 1. The van der Waals surface area contributed by atoms with Crippen molar-refractivity contribution in [3.63, 3.8) is 0 Å². The molecule has 0 aliphatic heterocycles. The van der Waals surface area contributed by atoms with Gasteiger partial charge in [-0.1, -0.05) is 30.9 Å². The molecule has 2 heteroatoms. The lowest BCUT2D eigenvalue weighted by Crippen LogP contribution is -1.88. The summed E-state index contributed by atoms with van der Waals surface area (Å²) in [5, 5.41) is 1.11. The lowest BCUT2D eigenvalue weighted by atomic mass is 10.1. The number of hydrogen-bond donors (Lipinski definition) is 0. The SMILES string of the molecule is C=Cc1ccc2ccc(C)nc2c1N=C(C)C. The number of aromatic nitrogens is 1. The topological polar surface area (TPSA) is 25.2 Å². The van der Waals surface area contributed by atoms with E-state index in [4.69, 9.17) is 0 Å². The standard InChI is InChI=1S/C15H16N2/c1-5-12-8-9-13-7-6-11(4)17-15(13)14(12)16-10(2)3/h5-9H,1H2,2-4H3. The van der Waals surface area contributed by atoms with Gasteiger partial charge in [-0.3, -0.25) is 9.98 Å². The molecule has 0 N–H and O–H groups in total. The van der Waals surface area contributed by atoms with Gasteiger partial charge in [-0.05, 0) is 26.8 Å². The summed E-state index contributed by atoms with van der Waals surface area (Å²) in [6.45, 7) is 9.80. The van der Waals surface area contributed by atoms with Crippen LogP contribution in [0.2, 0.25) is 0 Å². The Labute approximate surface area is 102 Å². The first-order valence-corrected chi connectivity index (χ1v) is 5.66. The van der Waals surface area contributed by atoms with Crippen LogP contribution >= 0.6 is 0 Å². The normalized spacial score (nSPS) is 10.3. The molecular weight excluding hydrogens is 208 g/mol. The molecule has 0 bridgehead atoms. The fraction of sp³-hybridized carbons (Fsp3) is 0.200. The molecule has 0 unspecified atom stereocenters. The number of nitrogens with zero attached hydrogens (tertiary/aromatic N) is 2. The van der Waals surface area contributed by atoms with Gasteiger partial charge in [-0.15, -0.1) is 0 Å². The second-order valence-corrected chi connectivity index (χ2v) is 4.29. The predicted molar refractivity (Wildman–Crippen MR) is 75.0 cm³/mol. The monoisotopic (exact) mass is 224 g/mol. The van der Waals surface area contributed by atoms with Crippen molar-refractivity contribution in [2.75, 3.05) is 0 Å². The average Bonchev–Trinajstić information content (AvgIpc) is 2.29. The summed E-state index contributed by atoms with van der Waals surface area (Å²) < 4.78 is 0. The maximum Gasteiger partial charge on any atom is 0.0967 e. The van der Waals surface area contributed by atoms with E-state index >= 15 is 0 Å². The molecule has 0 saturated carbocycles. The second kappa shape index (κ2) is 4.50. The van der Waals surface area contributed by atoms with Crippen LogP contribution < -0.4 is 0 Å². The van der Waals surface area contributed by atoms with Gasteiger partial charge < -0.3 is 0 Å². The molecule has 0 saturated heterocycles. The quantitative estimate of drug-likeness (QED) is 0.698. The Morgan fingerprint density at radius 2 is 1.94 bits per heavy atom. The van der Waals surface area contributed by atoms with Crippen molar-refractivity contribution in [2.24, 2.45) is 4.99 Å². The van der Waals surface area contributed by atoms with Crippen molar-refractivity contribution >= 4 is 28.4 Å². The molecule has 0 amide bonds. The van der Waals surface area contributed by atoms with Gasteiger partial charge in [0.05, 0.1) is 11.2 Å². The van der Waals surface area contributed by atoms with Gasteiger partial charge in [0, 0.05) is 22.4 Å². The van der Waals surface area contributed by atoms with Crippen LogP contribution in [0.4, 0.5) is 5.69 Å². The molecule has 0 spiro atoms. The van der Waals surface area contributed by atoms with Gasteiger partial charge in [-0.2, -0.15) is 0 Å². The van der Waals surface area contributed by atoms with Crippen molar-refractivity contribution in [3.8, 4) is 0 Å². The first-order valence-electron chi connectivity index (χ1n) is 5.66. The fourth-order valence-electron chi connectivity index (χ4n) is 1.79. The highest BCUT2D eigenvalue weighted by molar-refractivity contribution is 5.96. The maximum absolute atomic E-state index is 4.58. The van der Waals surface area contributed by atoms with Crippen LogP contribution in [-0.2, 0) is 0 Å². The van der Waals surface area contributed by atoms with Gasteiger partial charge in [0.1, 0.15) is 0 Å². The number of aliphatic imine (C=N–C) groups is 1. The molecule has 0 atom stereocenters. The molecule has 1 heterocycles. The first kappa shape index (κ1) is 11.5. The number of pyridine rings is 1. The predicted octanol–water partition coefficient (Wildman–Crippen LogP) is 4.30. The highest BCUT2D eigenvalue weighted by Gasteiger charge is 2.06. The summed E-state index contributed by atoms with van der Waals surface area (Å²) in [6, 6.07) is 8.19. The zero-order valence-electron chi connectivity index (χ0n) is 10.5. The fourth-order valence-corrected chi connectivity index (χ4v) is 1.79. The third-order valence-corrected chi connectivity index (χ3v) is 2.56. The highest BCUT2D eigenvalue weighted by atomic mass is 14.8. The Morgan fingerprint density at radius 1 is 1.24 bits per heavy atom. The van der Waals surface area contributed by atoms with Crippen molar-refractivity contribution in [1.82, 2.24) is 4.98 Å². The van der Waals surface area contributed by atoms with Crippen molar-refractivity contribution in [3.05, 3.63) is 42.1 Å². The van der Waals surface area contributed by atoms with Crippen LogP contribution in [0.25, 0.3) is 17.0 Å². The Balaban J connectivity index is 2.86. The Morgan fingerprint density at radius 3 is 2.59 bits per heavy atom. The minimum Gasteiger partial charge on any atom is -0.256 e. The van der Waals surface area contributed by atoms with Crippen molar-refractivity contribution < 1.29 is 0 Å². The maximum atomic E-state index is 4.58. The van der Waals surface area contributed by atoms with Gasteiger partial charge in [0.25, 0.3) is 0 Å².